The summed E-state index contributed by atoms with van der Waals surface area (Å²) in [6.45, 7) is -0.0432. The number of halogens is 3. The molecule has 0 radical (unpaired) electrons. The van der Waals surface area contributed by atoms with E-state index in [1.165, 1.54) is 19.2 Å². The van der Waals surface area contributed by atoms with Gasteiger partial charge in [0.15, 0.2) is 6.10 Å². The number of carbonyl (C=O) groups is 1. The van der Waals surface area contributed by atoms with Crippen LogP contribution in [0.2, 0.25) is 0 Å². The van der Waals surface area contributed by atoms with Crippen LogP contribution >= 0.6 is 0 Å². The van der Waals surface area contributed by atoms with E-state index in [-0.39, 0.29) is 12.2 Å². The zero-order valence-corrected chi connectivity index (χ0v) is 9.94. The molecule has 106 valence electrons. The standard InChI is InChI=1S/C11H12F3NO4/c1-17-6-9(18-10(15)16)7-3-2-4-8(5-7)19-11(12,13)14/h2-5,9H,6H2,1H3,(H2,15,16). The lowest BCUT2D eigenvalue weighted by molar-refractivity contribution is -0.274. The number of hydrogen-bond acceptors (Lipinski definition) is 4. The van der Waals surface area contributed by atoms with Gasteiger partial charge in [0.2, 0.25) is 0 Å². The predicted molar refractivity (Wildman–Crippen MR) is 58.4 cm³/mol. The van der Waals surface area contributed by atoms with Crippen LogP contribution in [0.25, 0.3) is 0 Å². The summed E-state index contributed by atoms with van der Waals surface area (Å²) in [4.78, 5) is 10.7. The number of benzene rings is 1. The molecule has 0 aliphatic heterocycles. The molecule has 1 atom stereocenters. The van der Waals surface area contributed by atoms with Gasteiger partial charge in [0, 0.05) is 7.11 Å². The average Bonchev–Trinajstić information content (AvgIpc) is 2.26. The lowest BCUT2D eigenvalue weighted by Gasteiger charge is -2.17. The fourth-order valence-corrected chi connectivity index (χ4v) is 1.40. The van der Waals surface area contributed by atoms with Crippen LogP contribution in [0, 0.1) is 0 Å². The number of ether oxygens (including phenoxy) is 3. The maximum Gasteiger partial charge on any atom is 0.573 e. The largest absolute Gasteiger partial charge is 0.573 e. The number of hydrogen-bond donors (Lipinski definition) is 1. The average molecular weight is 279 g/mol. The first-order valence-corrected chi connectivity index (χ1v) is 5.12. The number of carbonyl (C=O) groups excluding carboxylic acids is 1. The van der Waals surface area contributed by atoms with E-state index in [4.69, 9.17) is 15.2 Å². The Morgan fingerprint density at radius 1 is 1.42 bits per heavy atom. The van der Waals surface area contributed by atoms with E-state index in [1.807, 2.05) is 0 Å². The second-order valence-corrected chi connectivity index (χ2v) is 3.50. The van der Waals surface area contributed by atoms with Crippen molar-refractivity contribution in [3.8, 4) is 5.75 Å². The summed E-state index contributed by atoms with van der Waals surface area (Å²) >= 11 is 0. The normalized spacial score (nSPS) is 12.8. The van der Waals surface area contributed by atoms with Gasteiger partial charge < -0.3 is 19.9 Å². The van der Waals surface area contributed by atoms with Crippen LogP contribution in [-0.2, 0) is 9.47 Å². The van der Waals surface area contributed by atoms with Gasteiger partial charge in [0.05, 0.1) is 6.61 Å². The molecule has 0 aliphatic rings. The molecule has 0 aliphatic carbocycles. The van der Waals surface area contributed by atoms with E-state index in [0.717, 1.165) is 12.1 Å². The first-order chi connectivity index (χ1) is 8.81. The summed E-state index contributed by atoms with van der Waals surface area (Å²) < 4.78 is 49.5. The van der Waals surface area contributed by atoms with Crippen LogP contribution in [0.1, 0.15) is 11.7 Å². The van der Waals surface area contributed by atoms with Crippen molar-refractivity contribution in [1.29, 1.82) is 0 Å². The molecule has 1 aromatic carbocycles. The summed E-state index contributed by atoms with van der Waals surface area (Å²) in [5, 5.41) is 0. The smallest absolute Gasteiger partial charge is 0.439 e. The lowest BCUT2D eigenvalue weighted by Crippen LogP contribution is -2.21. The van der Waals surface area contributed by atoms with Gasteiger partial charge in [-0.3, -0.25) is 0 Å². The first-order valence-electron chi connectivity index (χ1n) is 5.12. The van der Waals surface area contributed by atoms with Crippen LogP contribution in [-0.4, -0.2) is 26.2 Å². The Kier molecular flexibility index (Phi) is 4.99. The Bertz CT molecular complexity index is 436. The molecule has 8 heteroatoms. The fraction of sp³-hybridized carbons (Fsp3) is 0.364. The molecule has 1 amide bonds. The van der Waals surface area contributed by atoms with Gasteiger partial charge in [-0.2, -0.15) is 0 Å². The maximum absolute atomic E-state index is 12.1. The highest BCUT2D eigenvalue weighted by molar-refractivity contribution is 5.65. The Balaban J connectivity index is 2.91. The number of methoxy groups -OCH3 is 1. The van der Waals surface area contributed by atoms with E-state index < -0.39 is 24.3 Å². The third-order valence-corrected chi connectivity index (χ3v) is 2.04. The monoisotopic (exact) mass is 279 g/mol. The highest BCUT2D eigenvalue weighted by Gasteiger charge is 2.31. The van der Waals surface area contributed by atoms with Crippen LogP contribution < -0.4 is 10.5 Å². The highest BCUT2D eigenvalue weighted by atomic mass is 19.4. The van der Waals surface area contributed by atoms with Gasteiger partial charge in [-0.15, -0.1) is 13.2 Å². The fourth-order valence-electron chi connectivity index (χ4n) is 1.40. The molecule has 0 heterocycles. The van der Waals surface area contributed by atoms with E-state index in [9.17, 15) is 18.0 Å². The Hall–Kier alpha value is -1.96. The van der Waals surface area contributed by atoms with Gasteiger partial charge in [0.1, 0.15) is 5.75 Å². The minimum atomic E-state index is -4.79. The second kappa shape index (κ2) is 6.28. The van der Waals surface area contributed by atoms with Crippen molar-refractivity contribution in [2.45, 2.75) is 12.5 Å². The molecular weight excluding hydrogens is 267 g/mol. The number of primary amides is 1. The molecule has 0 saturated carbocycles. The minimum Gasteiger partial charge on any atom is -0.439 e. The van der Waals surface area contributed by atoms with Crippen molar-refractivity contribution >= 4 is 6.09 Å². The molecule has 0 bridgehead atoms. The van der Waals surface area contributed by atoms with Crippen molar-refractivity contribution in [2.24, 2.45) is 5.73 Å². The molecular formula is C11H12F3NO4. The Labute approximate surface area is 107 Å². The van der Waals surface area contributed by atoms with Crippen molar-refractivity contribution in [1.82, 2.24) is 0 Å². The summed E-state index contributed by atoms with van der Waals surface area (Å²) in [5.41, 5.74) is 5.15. The second-order valence-electron chi connectivity index (χ2n) is 3.50. The summed E-state index contributed by atoms with van der Waals surface area (Å²) in [6.07, 6.45) is -6.75. The van der Waals surface area contributed by atoms with Crippen LogP contribution in [0.3, 0.4) is 0 Å². The van der Waals surface area contributed by atoms with Crippen LogP contribution in [0.4, 0.5) is 18.0 Å². The molecule has 1 rings (SSSR count). The molecule has 1 aromatic rings. The van der Waals surface area contributed by atoms with E-state index in [2.05, 4.69) is 4.74 Å². The Morgan fingerprint density at radius 2 is 2.11 bits per heavy atom. The SMILES string of the molecule is COCC(OC(N)=O)c1cccc(OC(F)(F)F)c1. The number of alkyl halides is 3. The first kappa shape index (κ1) is 15.1. The molecule has 0 aromatic heterocycles. The van der Waals surface area contributed by atoms with E-state index >= 15 is 0 Å². The predicted octanol–water partition coefficient (Wildman–Crippen LogP) is 2.37. The summed E-state index contributed by atoms with van der Waals surface area (Å²) in [5.74, 6) is -0.417. The lowest BCUT2D eigenvalue weighted by atomic mass is 10.1. The number of nitrogens with two attached hydrogens (primary N) is 1. The molecule has 19 heavy (non-hydrogen) atoms. The molecule has 5 nitrogen and oxygen atoms in total. The highest BCUT2D eigenvalue weighted by Crippen LogP contribution is 2.26. The summed E-state index contributed by atoms with van der Waals surface area (Å²) in [7, 11) is 1.35. The zero-order valence-electron chi connectivity index (χ0n) is 9.94. The van der Waals surface area contributed by atoms with Gasteiger partial charge in [0.25, 0.3) is 0 Å². The molecule has 1 unspecified atom stereocenters. The number of amides is 1. The number of rotatable bonds is 5. The van der Waals surface area contributed by atoms with E-state index in [1.54, 1.807) is 0 Å². The van der Waals surface area contributed by atoms with Crippen LogP contribution in [0.15, 0.2) is 24.3 Å². The third kappa shape index (κ3) is 5.47. The van der Waals surface area contributed by atoms with Crippen LogP contribution in [0.5, 0.6) is 5.75 Å². The van der Waals surface area contributed by atoms with E-state index in [0.29, 0.717) is 0 Å². The quantitative estimate of drug-likeness (QED) is 0.898. The van der Waals surface area contributed by atoms with Crippen molar-refractivity contribution in [3.63, 3.8) is 0 Å². The van der Waals surface area contributed by atoms with Gasteiger partial charge in [-0.05, 0) is 17.7 Å². The minimum absolute atomic E-state index is 0.0432. The van der Waals surface area contributed by atoms with Gasteiger partial charge in [-0.1, -0.05) is 12.1 Å². The van der Waals surface area contributed by atoms with Gasteiger partial charge >= 0.3 is 12.5 Å². The molecule has 0 saturated heterocycles. The van der Waals surface area contributed by atoms with Gasteiger partial charge in [-0.25, -0.2) is 4.79 Å². The summed E-state index contributed by atoms with van der Waals surface area (Å²) in [6, 6.07) is 5.03. The Morgan fingerprint density at radius 3 is 2.63 bits per heavy atom. The molecule has 0 spiro atoms. The topological polar surface area (TPSA) is 70.8 Å². The van der Waals surface area contributed by atoms with Crippen molar-refractivity contribution in [2.75, 3.05) is 13.7 Å². The maximum atomic E-state index is 12.1. The third-order valence-electron chi connectivity index (χ3n) is 2.04. The molecule has 2 N–H and O–H groups in total. The van der Waals surface area contributed by atoms with Crippen molar-refractivity contribution < 1.29 is 32.2 Å². The van der Waals surface area contributed by atoms with Crippen molar-refractivity contribution in [3.05, 3.63) is 29.8 Å². The molecule has 0 fully saturated rings. The zero-order chi connectivity index (χ0) is 14.5.